The van der Waals surface area contributed by atoms with E-state index in [4.69, 9.17) is 15.0 Å². The minimum atomic E-state index is -0.885. The van der Waals surface area contributed by atoms with E-state index >= 15 is 0 Å². The van der Waals surface area contributed by atoms with E-state index in [-0.39, 0.29) is 29.8 Å². The Balaban J connectivity index is 1.67. The van der Waals surface area contributed by atoms with Gasteiger partial charge >= 0.3 is 5.97 Å². The van der Waals surface area contributed by atoms with Crippen LogP contribution in [0.2, 0.25) is 0 Å². The molecule has 8 heteroatoms. The Morgan fingerprint density at radius 2 is 1.72 bits per heavy atom. The Labute approximate surface area is 251 Å². The van der Waals surface area contributed by atoms with Crippen LogP contribution in [0, 0.1) is 17.8 Å². The third-order valence-corrected chi connectivity index (χ3v) is 9.50. The van der Waals surface area contributed by atoms with Crippen molar-refractivity contribution in [3.63, 3.8) is 0 Å². The third kappa shape index (κ3) is 4.30. The first kappa shape index (κ1) is 28.5. The number of carbonyl (C=O) groups excluding carboxylic acids is 1. The molecule has 3 N–H and O–H groups in total. The molecule has 1 aliphatic carbocycles. The fourth-order valence-electron chi connectivity index (χ4n) is 7.10. The number of Topliss-reactive ketones (excluding diaryl/α,β-unsaturated/α-hetero) is 1. The number of nitrogens with one attached hydrogen (secondary N) is 1. The van der Waals surface area contributed by atoms with Crippen molar-refractivity contribution in [1.29, 1.82) is 0 Å². The zero-order chi connectivity index (χ0) is 30.9. The smallest absolute Gasteiger partial charge is 0.303 e. The van der Waals surface area contributed by atoms with Gasteiger partial charge in [-0.1, -0.05) is 26.5 Å². The number of nitrogens with zero attached hydrogens (tertiary/aromatic N) is 3. The number of ketones is 1. The quantitative estimate of drug-likeness (QED) is 0.332. The molecule has 0 saturated carbocycles. The molecule has 0 radical (unpaired) electrons. The van der Waals surface area contributed by atoms with Gasteiger partial charge in [0.15, 0.2) is 0 Å². The van der Waals surface area contributed by atoms with Crippen LogP contribution in [0.25, 0.3) is 0 Å². The lowest BCUT2D eigenvalue weighted by atomic mass is 9.83. The highest BCUT2D eigenvalue weighted by molar-refractivity contribution is 6.24. The van der Waals surface area contributed by atoms with Crippen molar-refractivity contribution in [2.45, 2.75) is 60.8 Å². The molecule has 8 nitrogen and oxygen atoms in total. The fraction of sp³-hybridized carbons (Fsp3) is 0.343. The van der Waals surface area contributed by atoms with Gasteiger partial charge in [-0.2, -0.15) is 0 Å². The molecular formula is C35H36N4O4. The molecule has 43 heavy (non-hydrogen) atoms. The molecule has 0 aromatic rings. The van der Waals surface area contributed by atoms with Crippen LogP contribution < -0.4 is 5.32 Å². The van der Waals surface area contributed by atoms with E-state index in [1.807, 2.05) is 38.2 Å². The summed E-state index contributed by atoms with van der Waals surface area (Å²) in [5.41, 5.74) is 12.2. The molecule has 6 rings (SSSR count). The van der Waals surface area contributed by atoms with Gasteiger partial charge in [-0.05, 0) is 81.1 Å². The molecule has 1 saturated heterocycles. The number of allylic oxidation sites excluding steroid dienone is 12. The van der Waals surface area contributed by atoms with Crippen LogP contribution in [0.1, 0.15) is 60.8 Å². The van der Waals surface area contributed by atoms with E-state index in [9.17, 15) is 19.8 Å². The summed E-state index contributed by atoms with van der Waals surface area (Å²) in [5.74, 6) is -2.30. The summed E-state index contributed by atoms with van der Waals surface area (Å²) in [6.07, 6.45) is 8.92. The van der Waals surface area contributed by atoms with E-state index in [0.717, 1.165) is 68.5 Å². The molecule has 3 atom stereocenters. The molecule has 220 valence electrons. The topological polar surface area (TPSA) is 124 Å². The number of hydrogen-bond acceptors (Lipinski definition) is 7. The normalized spacial score (nSPS) is 26.0. The van der Waals surface area contributed by atoms with Crippen molar-refractivity contribution in [3.05, 3.63) is 104 Å². The summed E-state index contributed by atoms with van der Waals surface area (Å²) in [5, 5.41) is 24.7. The highest BCUT2D eigenvalue weighted by Gasteiger charge is 2.47. The van der Waals surface area contributed by atoms with Crippen molar-refractivity contribution >= 4 is 28.9 Å². The average molecular weight is 577 g/mol. The van der Waals surface area contributed by atoms with E-state index < -0.39 is 11.9 Å². The number of fused-ring (bicyclic) bond motifs is 5. The monoisotopic (exact) mass is 576 g/mol. The van der Waals surface area contributed by atoms with Crippen LogP contribution >= 0.6 is 0 Å². The molecule has 5 aliphatic heterocycles. The van der Waals surface area contributed by atoms with Gasteiger partial charge in [-0.15, -0.1) is 0 Å². The Hall–Kier alpha value is -4.59. The summed E-state index contributed by atoms with van der Waals surface area (Å²) in [7, 11) is 0. The van der Waals surface area contributed by atoms with Crippen molar-refractivity contribution < 1.29 is 19.8 Å². The van der Waals surface area contributed by atoms with E-state index in [1.54, 1.807) is 0 Å². The number of carboxylic acid groups (broad SMARTS) is 1. The summed E-state index contributed by atoms with van der Waals surface area (Å²) in [6.45, 7) is 15.7. The number of carbonyl (C=O) groups is 2. The predicted octanol–water partition coefficient (Wildman–Crippen LogP) is 6.52. The van der Waals surface area contributed by atoms with Crippen LogP contribution in [-0.4, -0.2) is 39.1 Å². The number of aliphatic hydroxyl groups excluding tert-OH is 1. The van der Waals surface area contributed by atoms with Gasteiger partial charge < -0.3 is 15.5 Å². The zero-order valence-corrected chi connectivity index (χ0v) is 25.4. The first-order valence-electron chi connectivity index (χ1n) is 14.8. The van der Waals surface area contributed by atoms with Crippen LogP contribution in [0.3, 0.4) is 0 Å². The van der Waals surface area contributed by atoms with Gasteiger partial charge in [0.1, 0.15) is 17.5 Å². The molecule has 0 spiro atoms. The number of carboxylic acids is 1. The van der Waals surface area contributed by atoms with Gasteiger partial charge in [0.05, 0.1) is 34.2 Å². The van der Waals surface area contributed by atoms with E-state index in [0.29, 0.717) is 29.0 Å². The summed E-state index contributed by atoms with van der Waals surface area (Å²) in [6, 6.07) is 0. The maximum absolute atomic E-state index is 13.1. The minimum Gasteiger partial charge on any atom is -0.510 e. The second-order valence-corrected chi connectivity index (χ2v) is 11.9. The lowest BCUT2D eigenvalue weighted by molar-refractivity contribution is -0.137. The number of aliphatic hydroxyl groups is 1. The first-order chi connectivity index (χ1) is 20.5. The van der Waals surface area contributed by atoms with Gasteiger partial charge in [0.25, 0.3) is 0 Å². The molecule has 0 aromatic carbocycles. The van der Waals surface area contributed by atoms with Crippen LogP contribution in [0.15, 0.2) is 119 Å². The maximum Gasteiger partial charge on any atom is 0.303 e. The van der Waals surface area contributed by atoms with Crippen LogP contribution in [-0.2, 0) is 9.59 Å². The number of hydrogen-bond donors (Lipinski definition) is 3. The Morgan fingerprint density at radius 1 is 1.02 bits per heavy atom. The summed E-state index contributed by atoms with van der Waals surface area (Å²) >= 11 is 0. The highest BCUT2D eigenvalue weighted by Crippen LogP contribution is 2.49. The second kappa shape index (κ2) is 10.3. The first-order valence-corrected chi connectivity index (χ1v) is 14.8. The lowest BCUT2D eigenvalue weighted by Crippen LogP contribution is -2.22. The van der Waals surface area contributed by atoms with Gasteiger partial charge in [-0.3, -0.25) is 9.59 Å². The minimum absolute atomic E-state index is 0.00942. The number of aliphatic imine (C=N–C) groups is 3. The van der Waals surface area contributed by atoms with Crippen molar-refractivity contribution in [3.8, 4) is 0 Å². The fourth-order valence-corrected chi connectivity index (χ4v) is 7.10. The van der Waals surface area contributed by atoms with Crippen LogP contribution in [0.4, 0.5) is 0 Å². The van der Waals surface area contributed by atoms with E-state index in [1.165, 1.54) is 6.92 Å². The SMILES string of the molecule is C=CC1=C(C)C2=NC1=CC1=NC(=CC3=C(C)C4=C(O)[C@H](C(C)=O)C(=C5NC(=C2)[C@@H](C)[C@@H]5CCC(=O)O)C4=N3)C(CC)=C1C. The van der Waals surface area contributed by atoms with Crippen LogP contribution in [0.5, 0.6) is 0 Å². The molecule has 8 bridgehead atoms. The van der Waals surface area contributed by atoms with Crippen molar-refractivity contribution in [2.24, 2.45) is 32.7 Å². The molecular weight excluding hydrogens is 540 g/mol. The van der Waals surface area contributed by atoms with Crippen molar-refractivity contribution in [1.82, 2.24) is 5.32 Å². The van der Waals surface area contributed by atoms with Gasteiger partial charge in [0, 0.05) is 46.4 Å². The van der Waals surface area contributed by atoms with Crippen molar-refractivity contribution in [2.75, 3.05) is 0 Å². The molecule has 6 aliphatic rings. The Morgan fingerprint density at radius 3 is 2.37 bits per heavy atom. The summed E-state index contributed by atoms with van der Waals surface area (Å²) in [4.78, 5) is 39.8. The zero-order valence-electron chi connectivity index (χ0n) is 25.4. The molecule has 0 amide bonds. The average Bonchev–Trinajstić information content (AvgIpc) is 3.68. The van der Waals surface area contributed by atoms with E-state index in [2.05, 4.69) is 32.7 Å². The number of aliphatic carboxylic acids is 1. The second-order valence-electron chi connectivity index (χ2n) is 11.9. The highest BCUT2D eigenvalue weighted by atomic mass is 16.4. The molecule has 5 heterocycles. The molecule has 0 unspecified atom stereocenters. The lowest BCUT2D eigenvalue weighted by Gasteiger charge is -2.20. The summed E-state index contributed by atoms with van der Waals surface area (Å²) < 4.78 is 0. The largest absolute Gasteiger partial charge is 0.510 e. The standard InChI is InChI=1S/C35H36N4O4/c1-8-20-15(3)23-12-25-17(5)22(10-11-29(41)42)33(38-25)32-31(19(7)40)35(43)30-18(6)26(39-34(30)32)14-28-21(9-2)16(4)24(37-28)13-27(20)36-23/h8,12-14,17,22,31,38,43H,1,9-11H2,2-7H3,(H,41,42)/t17-,22-,31+/m0/s1. The van der Waals surface area contributed by atoms with Gasteiger partial charge in [0.2, 0.25) is 0 Å². The molecule has 0 aromatic heterocycles. The maximum atomic E-state index is 13.1. The Kier molecular flexibility index (Phi) is 6.83. The van der Waals surface area contributed by atoms with Gasteiger partial charge in [-0.25, -0.2) is 15.0 Å². The Bertz CT molecular complexity index is 1790. The third-order valence-electron chi connectivity index (χ3n) is 9.50. The predicted molar refractivity (Wildman–Crippen MR) is 169 cm³/mol. The molecule has 1 fully saturated rings. The number of rotatable bonds is 6.